The van der Waals surface area contributed by atoms with Crippen molar-refractivity contribution in [3.63, 3.8) is 0 Å². The maximum absolute atomic E-state index is 11.3. The molecule has 0 fully saturated rings. The van der Waals surface area contributed by atoms with Gasteiger partial charge in [-0.05, 0) is 25.1 Å². The number of hydrogen-bond acceptors (Lipinski definition) is 5. The molecule has 100 valence electrons. The Bertz CT molecular complexity index is 594. The highest BCUT2D eigenvalue weighted by molar-refractivity contribution is 6.30. The van der Waals surface area contributed by atoms with Crippen molar-refractivity contribution in [2.45, 2.75) is 13.3 Å². The van der Waals surface area contributed by atoms with Crippen LogP contribution in [-0.2, 0) is 16.0 Å². The SMILES string of the molecule is CCOC(=O)Cc1coc(-c2cc(Cl)ccc2O)n1. The molecule has 1 aromatic carbocycles. The summed E-state index contributed by atoms with van der Waals surface area (Å²) in [6, 6.07) is 4.55. The van der Waals surface area contributed by atoms with Gasteiger partial charge in [0.15, 0.2) is 0 Å². The quantitative estimate of drug-likeness (QED) is 0.873. The highest BCUT2D eigenvalue weighted by Gasteiger charge is 2.14. The van der Waals surface area contributed by atoms with Gasteiger partial charge in [-0.25, -0.2) is 4.98 Å². The number of rotatable bonds is 4. The van der Waals surface area contributed by atoms with E-state index >= 15 is 0 Å². The van der Waals surface area contributed by atoms with Crippen molar-refractivity contribution in [3.05, 3.63) is 35.2 Å². The average Bonchev–Trinajstić information content (AvgIpc) is 2.81. The van der Waals surface area contributed by atoms with E-state index in [2.05, 4.69) is 4.98 Å². The Balaban J connectivity index is 2.21. The van der Waals surface area contributed by atoms with Gasteiger partial charge in [-0.3, -0.25) is 4.79 Å². The van der Waals surface area contributed by atoms with Gasteiger partial charge < -0.3 is 14.3 Å². The summed E-state index contributed by atoms with van der Waals surface area (Å²) in [4.78, 5) is 15.4. The summed E-state index contributed by atoms with van der Waals surface area (Å²) in [5.41, 5.74) is 0.815. The maximum Gasteiger partial charge on any atom is 0.311 e. The molecule has 0 aliphatic rings. The second-order valence-corrected chi connectivity index (χ2v) is 4.22. The number of phenols is 1. The first kappa shape index (κ1) is 13.4. The van der Waals surface area contributed by atoms with Crippen LogP contribution in [0.4, 0.5) is 0 Å². The highest BCUT2D eigenvalue weighted by Crippen LogP contribution is 2.31. The van der Waals surface area contributed by atoms with E-state index in [-0.39, 0.29) is 24.0 Å². The number of phenolic OH excluding ortho intramolecular Hbond substituents is 1. The number of aromatic hydroxyl groups is 1. The zero-order chi connectivity index (χ0) is 13.8. The maximum atomic E-state index is 11.3. The normalized spacial score (nSPS) is 10.4. The van der Waals surface area contributed by atoms with Crippen LogP contribution in [0.25, 0.3) is 11.5 Å². The Morgan fingerprint density at radius 3 is 3.05 bits per heavy atom. The molecule has 0 spiro atoms. The first-order valence-corrected chi connectivity index (χ1v) is 6.07. The molecule has 1 heterocycles. The van der Waals surface area contributed by atoms with E-state index < -0.39 is 0 Å². The third-order valence-electron chi connectivity index (χ3n) is 2.37. The Morgan fingerprint density at radius 2 is 2.32 bits per heavy atom. The predicted molar refractivity (Wildman–Crippen MR) is 69.0 cm³/mol. The lowest BCUT2D eigenvalue weighted by Crippen LogP contribution is -2.07. The summed E-state index contributed by atoms with van der Waals surface area (Å²) in [5.74, 6) is -0.161. The van der Waals surface area contributed by atoms with E-state index in [4.69, 9.17) is 20.8 Å². The number of nitrogens with zero attached hydrogens (tertiary/aromatic N) is 1. The van der Waals surface area contributed by atoms with Crippen molar-refractivity contribution in [2.75, 3.05) is 6.61 Å². The van der Waals surface area contributed by atoms with Crippen molar-refractivity contribution in [3.8, 4) is 17.2 Å². The van der Waals surface area contributed by atoms with Crippen molar-refractivity contribution in [2.24, 2.45) is 0 Å². The fourth-order valence-corrected chi connectivity index (χ4v) is 1.72. The largest absolute Gasteiger partial charge is 0.507 e. The molecule has 0 atom stereocenters. The number of carbonyl (C=O) groups is 1. The Kier molecular flexibility index (Phi) is 4.06. The van der Waals surface area contributed by atoms with Crippen molar-refractivity contribution in [1.82, 2.24) is 4.98 Å². The van der Waals surface area contributed by atoms with Gasteiger partial charge in [0.05, 0.1) is 24.3 Å². The minimum atomic E-state index is -0.377. The summed E-state index contributed by atoms with van der Waals surface area (Å²) in [7, 11) is 0. The number of halogens is 1. The standard InChI is InChI=1S/C13H12ClNO4/c1-2-18-12(17)6-9-7-19-13(15-9)10-5-8(14)3-4-11(10)16/h3-5,7,16H,2,6H2,1H3. The van der Waals surface area contributed by atoms with Gasteiger partial charge in [-0.1, -0.05) is 11.6 Å². The number of benzene rings is 1. The summed E-state index contributed by atoms with van der Waals surface area (Å²) >= 11 is 5.84. The van der Waals surface area contributed by atoms with E-state index in [1.165, 1.54) is 18.4 Å². The highest BCUT2D eigenvalue weighted by atomic mass is 35.5. The molecule has 19 heavy (non-hydrogen) atoms. The van der Waals surface area contributed by atoms with Gasteiger partial charge in [0.2, 0.25) is 5.89 Å². The molecule has 0 bridgehead atoms. The minimum absolute atomic E-state index is 0.00827. The molecule has 0 aliphatic heterocycles. The van der Waals surface area contributed by atoms with Crippen LogP contribution in [0.5, 0.6) is 5.75 Å². The predicted octanol–water partition coefficient (Wildman–Crippen LogP) is 2.81. The molecule has 2 rings (SSSR count). The lowest BCUT2D eigenvalue weighted by Gasteiger charge is -2.00. The number of esters is 1. The zero-order valence-corrected chi connectivity index (χ0v) is 11.0. The van der Waals surface area contributed by atoms with Gasteiger partial charge in [-0.15, -0.1) is 0 Å². The summed E-state index contributed by atoms with van der Waals surface area (Å²) in [6.45, 7) is 2.05. The molecule has 2 aromatic rings. The number of oxazole rings is 1. The van der Waals surface area contributed by atoms with Crippen molar-refractivity contribution >= 4 is 17.6 Å². The van der Waals surface area contributed by atoms with Crippen molar-refractivity contribution in [1.29, 1.82) is 0 Å². The fraction of sp³-hybridized carbons (Fsp3) is 0.231. The molecular formula is C13H12ClNO4. The van der Waals surface area contributed by atoms with Gasteiger partial charge in [0.25, 0.3) is 0 Å². The number of hydrogen-bond donors (Lipinski definition) is 1. The van der Waals surface area contributed by atoms with Crippen LogP contribution in [0.1, 0.15) is 12.6 Å². The molecule has 5 nitrogen and oxygen atoms in total. The monoisotopic (exact) mass is 281 g/mol. The summed E-state index contributed by atoms with van der Waals surface area (Å²) < 4.78 is 10.0. The van der Waals surface area contributed by atoms with Gasteiger partial charge in [-0.2, -0.15) is 0 Å². The van der Waals surface area contributed by atoms with Crippen LogP contribution in [-0.4, -0.2) is 22.7 Å². The second kappa shape index (κ2) is 5.75. The molecule has 0 aliphatic carbocycles. The lowest BCUT2D eigenvalue weighted by atomic mass is 10.2. The molecule has 0 radical (unpaired) electrons. The van der Waals surface area contributed by atoms with Crippen LogP contribution in [0.2, 0.25) is 5.02 Å². The third-order valence-corrected chi connectivity index (χ3v) is 2.61. The van der Waals surface area contributed by atoms with Crippen LogP contribution in [0, 0.1) is 0 Å². The zero-order valence-electron chi connectivity index (χ0n) is 10.2. The first-order valence-electron chi connectivity index (χ1n) is 5.69. The Morgan fingerprint density at radius 1 is 1.53 bits per heavy atom. The van der Waals surface area contributed by atoms with Gasteiger partial charge >= 0.3 is 5.97 Å². The third kappa shape index (κ3) is 3.26. The molecule has 0 saturated carbocycles. The summed E-state index contributed by atoms with van der Waals surface area (Å²) in [6.07, 6.45) is 1.38. The van der Waals surface area contributed by atoms with Gasteiger partial charge in [0.1, 0.15) is 12.0 Å². The fourth-order valence-electron chi connectivity index (χ4n) is 1.55. The van der Waals surface area contributed by atoms with Gasteiger partial charge in [0, 0.05) is 5.02 Å². The molecule has 0 amide bonds. The topological polar surface area (TPSA) is 72.6 Å². The molecule has 0 unspecified atom stereocenters. The summed E-state index contributed by atoms with van der Waals surface area (Å²) in [5, 5.41) is 10.2. The van der Waals surface area contributed by atoms with Crippen LogP contribution < -0.4 is 0 Å². The Labute approximate surface area is 114 Å². The molecular weight excluding hydrogens is 270 g/mol. The minimum Gasteiger partial charge on any atom is -0.507 e. The molecule has 6 heteroatoms. The average molecular weight is 282 g/mol. The van der Waals surface area contributed by atoms with Crippen LogP contribution >= 0.6 is 11.6 Å². The van der Waals surface area contributed by atoms with E-state index in [1.54, 1.807) is 13.0 Å². The molecule has 1 N–H and O–H groups in total. The van der Waals surface area contributed by atoms with Crippen LogP contribution in [0.3, 0.4) is 0 Å². The Hall–Kier alpha value is -2.01. The van der Waals surface area contributed by atoms with Crippen LogP contribution in [0.15, 0.2) is 28.9 Å². The lowest BCUT2D eigenvalue weighted by molar-refractivity contribution is -0.142. The van der Waals surface area contributed by atoms with E-state index in [0.717, 1.165) is 0 Å². The van der Waals surface area contributed by atoms with Crippen molar-refractivity contribution < 1.29 is 19.1 Å². The number of aromatic nitrogens is 1. The number of carbonyl (C=O) groups excluding carboxylic acids is 1. The van der Waals surface area contributed by atoms with E-state index in [1.807, 2.05) is 0 Å². The van der Waals surface area contributed by atoms with E-state index in [9.17, 15) is 9.90 Å². The second-order valence-electron chi connectivity index (χ2n) is 3.79. The smallest absolute Gasteiger partial charge is 0.311 e. The molecule has 0 saturated heterocycles. The molecule has 1 aromatic heterocycles. The van der Waals surface area contributed by atoms with E-state index in [0.29, 0.717) is 22.9 Å². The number of ether oxygens (including phenoxy) is 1. The first-order chi connectivity index (χ1) is 9.10.